The van der Waals surface area contributed by atoms with Crippen LogP contribution in [0.2, 0.25) is 0 Å². The van der Waals surface area contributed by atoms with Crippen LogP contribution in [0.1, 0.15) is 27.2 Å². The van der Waals surface area contributed by atoms with E-state index >= 15 is 0 Å². The van der Waals surface area contributed by atoms with Gasteiger partial charge in [0, 0.05) is 12.1 Å². The lowest BCUT2D eigenvalue weighted by Crippen LogP contribution is -2.36. The lowest BCUT2D eigenvalue weighted by Gasteiger charge is -2.17. The summed E-state index contributed by atoms with van der Waals surface area (Å²) in [4.78, 5) is 26.5. The highest BCUT2D eigenvalue weighted by molar-refractivity contribution is 6.06. The van der Waals surface area contributed by atoms with Crippen molar-refractivity contribution in [1.82, 2.24) is 20.4 Å². The highest BCUT2D eigenvalue weighted by atomic mass is 16.3. The minimum Gasteiger partial charge on any atom is -0.507 e. The van der Waals surface area contributed by atoms with Crippen LogP contribution in [0.15, 0.2) is 54.6 Å². The van der Waals surface area contributed by atoms with E-state index in [1.54, 1.807) is 17.0 Å². The number of aromatic amines is 1. The first-order valence-corrected chi connectivity index (χ1v) is 8.84. The van der Waals surface area contributed by atoms with Gasteiger partial charge in [-0.15, -0.1) is 0 Å². The van der Waals surface area contributed by atoms with E-state index in [2.05, 4.69) is 20.8 Å². The minimum absolute atomic E-state index is 0.0990. The van der Waals surface area contributed by atoms with Crippen LogP contribution in [-0.2, 0) is 19.6 Å². The Hall–Kier alpha value is -3.81. The summed E-state index contributed by atoms with van der Waals surface area (Å²) < 4.78 is 0. The maximum absolute atomic E-state index is 12.4. The summed E-state index contributed by atoms with van der Waals surface area (Å²) in [5, 5.41) is 22.4. The number of anilines is 1. The number of amides is 3. The summed E-state index contributed by atoms with van der Waals surface area (Å²) in [6.45, 7) is 1.14. The zero-order valence-corrected chi connectivity index (χ0v) is 15.0. The van der Waals surface area contributed by atoms with Gasteiger partial charge in [-0.25, -0.2) is 4.79 Å². The number of H-pyrrole nitrogens is 1. The van der Waals surface area contributed by atoms with Crippen LogP contribution in [0, 0.1) is 0 Å². The number of hydrogen-bond acceptors (Lipinski definition) is 4. The largest absolute Gasteiger partial charge is 0.507 e. The lowest BCUT2D eigenvalue weighted by atomic mass is 10.2. The Kier molecular flexibility index (Phi) is 4.67. The smallest absolute Gasteiger partial charge is 0.318 e. The van der Waals surface area contributed by atoms with Crippen LogP contribution in [0.25, 0.3) is 0 Å². The number of nitrogens with zero attached hydrogens (tertiary/aromatic N) is 2. The molecule has 1 aromatic heterocycles. The monoisotopic (exact) mass is 377 g/mol. The molecule has 0 saturated carbocycles. The van der Waals surface area contributed by atoms with Gasteiger partial charge in [-0.1, -0.05) is 42.5 Å². The number of carbonyl (C=O) groups excluding carboxylic acids is 2. The Morgan fingerprint density at radius 1 is 1.07 bits per heavy atom. The summed E-state index contributed by atoms with van der Waals surface area (Å²) >= 11 is 0. The number of aromatic hydroxyl groups is 1. The van der Waals surface area contributed by atoms with Crippen LogP contribution in [0.4, 0.5) is 10.6 Å². The van der Waals surface area contributed by atoms with Gasteiger partial charge >= 0.3 is 6.03 Å². The number of phenolic OH excluding ortho intramolecular Hbond substituents is 1. The molecule has 1 aliphatic heterocycles. The average Bonchev–Trinajstić information content (AvgIpc) is 3.29. The topological polar surface area (TPSA) is 110 Å². The van der Waals surface area contributed by atoms with Crippen molar-refractivity contribution in [3.8, 4) is 5.75 Å². The van der Waals surface area contributed by atoms with E-state index in [4.69, 9.17) is 0 Å². The molecule has 0 spiro atoms. The molecular formula is C20H19N5O3. The van der Waals surface area contributed by atoms with Crippen molar-refractivity contribution in [3.05, 3.63) is 77.0 Å². The lowest BCUT2D eigenvalue weighted by molar-refractivity contribution is 0.102. The summed E-state index contributed by atoms with van der Waals surface area (Å²) in [5.74, 6) is -0.115. The molecule has 142 valence electrons. The zero-order valence-electron chi connectivity index (χ0n) is 15.0. The normalized spacial score (nSPS) is 12.5. The number of carbonyl (C=O) groups is 2. The van der Waals surface area contributed by atoms with Gasteiger partial charge in [0.15, 0.2) is 0 Å². The highest BCUT2D eigenvalue weighted by Gasteiger charge is 2.29. The summed E-state index contributed by atoms with van der Waals surface area (Å²) in [6.07, 6.45) is 0. The second-order valence-corrected chi connectivity index (χ2v) is 6.50. The quantitative estimate of drug-likeness (QED) is 0.560. The van der Waals surface area contributed by atoms with Crippen LogP contribution in [0.5, 0.6) is 5.75 Å². The van der Waals surface area contributed by atoms with Gasteiger partial charge in [-0.05, 0) is 17.7 Å². The van der Waals surface area contributed by atoms with E-state index in [1.165, 1.54) is 12.1 Å². The van der Waals surface area contributed by atoms with Crippen LogP contribution >= 0.6 is 0 Å². The number of fused-ring (bicyclic) bond motifs is 1. The first-order chi connectivity index (χ1) is 13.6. The fraction of sp³-hybridized carbons (Fsp3) is 0.150. The molecule has 4 rings (SSSR count). The predicted octanol–water partition coefficient (Wildman–Crippen LogP) is 2.59. The predicted molar refractivity (Wildman–Crippen MR) is 103 cm³/mol. The Morgan fingerprint density at radius 2 is 1.82 bits per heavy atom. The second-order valence-electron chi connectivity index (χ2n) is 6.50. The van der Waals surface area contributed by atoms with Gasteiger partial charge in [0.1, 0.15) is 11.6 Å². The van der Waals surface area contributed by atoms with Crippen molar-refractivity contribution in [3.63, 3.8) is 0 Å². The fourth-order valence-electron chi connectivity index (χ4n) is 3.11. The fourth-order valence-corrected chi connectivity index (χ4v) is 3.11. The molecule has 3 amide bonds. The van der Waals surface area contributed by atoms with E-state index in [1.807, 2.05) is 30.3 Å². The molecule has 1 aliphatic rings. The third-order valence-corrected chi connectivity index (χ3v) is 4.60. The molecule has 8 nitrogen and oxygen atoms in total. The number of nitrogens with one attached hydrogen (secondary N) is 3. The molecule has 0 fully saturated rings. The number of urea groups is 1. The molecule has 2 aromatic carbocycles. The molecule has 0 bridgehead atoms. The molecule has 8 heteroatoms. The number of hydrogen-bond donors (Lipinski definition) is 4. The summed E-state index contributed by atoms with van der Waals surface area (Å²) in [5.41, 5.74) is 2.66. The van der Waals surface area contributed by atoms with E-state index < -0.39 is 5.91 Å². The van der Waals surface area contributed by atoms with Crippen molar-refractivity contribution in [2.45, 2.75) is 19.6 Å². The molecule has 0 unspecified atom stereocenters. The Morgan fingerprint density at radius 3 is 2.61 bits per heavy atom. The van der Waals surface area contributed by atoms with E-state index in [0.29, 0.717) is 31.1 Å². The standard InChI is InChI=1S/C20H19N5O3/c26-17-9-5-4-8-14(17)19(27)22-18-15-11-25(12-16(15)23-24-18)20(28)21-10-13-6-2-1-3-7-13/h1-9,26H,10-12H2,(H,21,28)(H2,22,23,24,27). The number of para-hydroxylation sites is 1. The van der Waals surface area contributed by atoms with Crippen LogP contribution < -0.4 is 10.6 Å². The molecular weight excluding hydrogens is 358 g/mol. The molecule has 4 N–H and O–H groups in total. The van der Waals surface area contributed by atoms with Crippen molar-refractivity contribution in [2.75, 3.05) is 5.32 Å². The first kappa shape index (κ1) is 17.6. The number of rotatable bonds is 4. The Labute approximate surface area is 161 Å². The van der Waals surface area contributed by atoms with Crippen molar-refractivity contribution in [1.29, 1.82) is 0 Å². The molecule has 28 heavy (non-hydrogen) atoms. The maximum Gasteiger partial charge on any atom is 0.318 e. The van der Waals surface area contributed by atoms with Crippen molar-refractivity contribution in [2.24, 2.45) is 0 Å². The minimum atomic E-state index is -0.448. The second kappa shape index (κ2) is 7.43. The summed E-state index contributed by atoms with van der Waals surface area (Å²) in [6, 6.07) is 15.8. The van der Waals surface area contributed by atoms with Crippen LogP contribution in [-0.4, -0.2) is 32.1 Å². The first-order valence-electron chi connectivity index (χ1n) is 8.84. The number of benzene rings is 2. The molecule has 0 saturated heterocycles. The van der Waals surface area contributed by atoms with Gasteiger partial charge in [0.2, 0.25) is 0 Å². The van der Waals surface area contributed by atoms with E-state index in [0.717, 1.165) is 11.1 Å². The molecule has 2 heterocycles. The van der Waals surface area contributed by atoms with Gasteiger partial charge in [-0.2, -0.15) is 5.10 Å². The molecule has 0 radical (unpaired) electrons. The van der Waals surface area contributed by atoms with E-state index in [9.17, 15) is 14.7 Å². The van der Waals surface area contributed by atoms with Crippen molar-refractivity contribution >= 4 is 17.8 Å². The number of phenols is 1. The van der Waals surface area contributed by atoms with Gasteiger partial charge in [0.05, 0.1) is 24.3 Å². The Bertz CT molecular complexity index is 1020. The average molecular weight is 377 g/mol. The van der Waals surface area contributed by atoms with Gasteiger partial charge in [0.25, 0.3) is 5.91 Å². The summed E-state index contributed by atoms with van der Waals surface area (Å²) in [7, 11) is 0. The zero-order chi connectivity index (χ0) is 19.5. The third-order valence-electron chi connectivity index (χ3n) is 4.60. The maximum atomic E-state index is 12.4. The van der Waals surface area contributed by atoms with Gasteiger partial charge in [-0.3, -0.25) is 9.89 Å². The van der Waals surface area contributed by atoms with Gasteiger partial charge < -0.3 is 20.6 Å². The number of aromatic nitrogens is 2. The third kappa shape index (κ3) is 3.52. The molecule has 3 aromatic rings. The SMILES string of the molecule is O=C(Nc1[nH]nc2c1CN(C(=O)NCc1ccccc1)C2)c1ccccc1O. The van der Waals surface area contributed by atoms with Crippen molar-refractivity contribution < 1.29 is 14.7 Å². The van der Waals surface area contributed by atoms with E-state index in [-0.39, 0.29) is 17.3 Å². The molecule has 0 aliphatic carbocycles. The highest BCUT2D eigenvalue weighted by Crippen LogP contribution is 2.28. The molecule has 0 atom stereocenters. The van der Waals surface area contributed by atoms with Crippen LogP contribution in [0.3, 0.4) is 0 Å². The Balaban J connectivity index is 1.39.